The molecule has 0 unspecified atom stereocenters. The molecule has 21 nitrogen and oxygen atoms in total. The van der Waals surface area contributed by atoms with Gasteiger partial charge in [0.15, 0.2) is 23.3 Å². The first-order chi connectivity index (χ1) is 44.1. The number of carbonyl (C=O) groups excluding carboxylic acids is 5. The molecule has 25 heteroatoms. The number of carboxylic acid groups (broad SMARTS) is 1. The van der Waals surface area contributed by atoms with Crippen molar-refractivity contribution in [3.05, 3.63) is 177 Å². The van der Waals surface area contributed by atoms with E-state index in [4.69, 9.17) is 30.8 Å². The number of likely N-dealkylation sites (tertiary alicyclic amines) is 2. The van der Waals surface area contributed by atoms with Gasteiger partial charge in [-0.25, -0.2) is 56.7 Å². The average molecular weight is 1280 g/mol. The monoisotopic (exact) mass is 1280 g/mol. The summed E-state index contributed by atoms with van der Waals surface area (Å²) in [5, 5.41) is 19.3. The Morgan fingerprint density at radius 2 is 0.925 bits per heavy atom. The summed E-state index contributed by atoms with van der Waals surface area (Å²) in [5.41, 5.74) is 17.7. The number of hydrogen-bond acceptors (Lipinski definition) is 16. The molecule has 0 aliphatic carbocycles. The molecule has 0 spiro atoms. The van der Waals surface area contributed by atoms with Gasteiger partial charge in [-0.3, -0.25) is 19.4 Å². The van der Waals surface area contributed by atoms with Gasteiger partial charge in [0.25, 0.3) is 11.8 Å². The van der Waals surface area contributed by atoms with Crippen molar-refractivity contribution in [2.75, 3.05) is 24.6 Å². The lowest BCUT2D eigenvalue weighted by molar-refractivity contribution is -0.150. The second-order valence-electron chi connectivity index (χ2n) is 24.8. The Morgan fingerprint density at radius 3 is 1.33 bits per heavy atom. The van der Waals surface area contributed by atoms with Crippen LogP contribution in [0.2, 0.25) is 0 Å². The molecule has 484 valence electrons. The van der Waals surface area contributed by atoms with Gasteiger partial charge in [-0.1, -0.05) is 60.7 Å². The molecule has 6 aromatic carbocycles. The molecular weight excluding hydrogens is 1210 g/mol. The number of amides is 4. The number of aliphatic hydroxyl groups excluding tert-OH is 1. The molecule has 2 atom stereocenters. The Hall–Kier alpha value is -10.3. The quantitative estimate of drug-likeness (QED) is 0.0593. The summed E-state index contributed by atoms with van der Waals surface area (Å²) < 4.78 is 72.8. The first-order valence-corrected chi connectivity index (χ1v) is 30.0. The van der Waals surface area contributed by atoms with Crippen LogP contribution < -0.4 is 11.5 Å². The maximum absolute atomic E-state index is 14.6. The fraction of sp³-hybridized carbons (Fsp3) is 0.324. The molecule has 0 saturated carbocycles. The molecule has 4 aliphatic heterocycles. The van der Waals surface area contributed by atoms with Gasteiger partial charge in [0, 0.05) is 55.6 Å². The van der Waals surface area contributed by atoms with Crippen molar-refractivity contribution < 1.29 is 70.8 Å². The third kappa shape index (κ3) is 14.9. The first kappa shape index (κ1) is 65.6. The number of rotatable bonds is 9. The van der Waals surface area contributed by atoms with Crippen LogP contribution in [0.5, 0.6) is 0 Å². The lowest BCUT2D eigenvalue weighted by Crippen LogP contribution is -2.44. The molecule has 2 saturated heterocycles. The first-order valence-electron chi connectivity index (χ1n) is 30.0. The largest absolute Gasteiger partial charge is 0.480 e. The zero-order valence-corrected chi connectivity index (χ0v) is 51.8. The van der Waals surface area contributed by atoms with Crippen molar-refractivity contribution in [2.24, 2.45) is 0 Å². The molecule has 0 radical (unpaired) electrons. The van der Waals surface area contributed by atoms with E-state index >= 15 is 0 Å². The number of anilines is 2. The van der Waals surface area contributed by atoms with Crippen molar-refractivity contribution in [1.82, 2.24) is 39.5 Å². The number of aliphatic hydroxyl groups is 1. The molecular formula is C68H68F4N10O11. The number of carboxylic acids is 1. The molecule has 2 fully saturated rings. The second kappa shape index (κ2) is 26.9. The van der Waals surface area contributed by atoms with Crippen LogP contribution >= 0.6 is 0 Å². The van der Waals surface area contributed by atoms with Crippen LogP contribution in [-0.4, -0.2) is 122 Å². The lowest BCUT2D eigenvalue weighted by Gasteiger charge is -2.27. The number of ether oxygens (including phenoxy) is 3. The number of carbonyl (C=O) groups is 6. The predicted molar refractivity (Wildman–Crippen MR) is 334 cm³/mol. The SMILES string of the molecule is CC(C)(C)OC(=O)N1CCC[C@H]1C(=O)O.CC(C)(C)OC(=O)N1CCC[C@H]1C(=O)OCc1cc(F)c(F)cc1-c1ccc2nc(N)nc(C(=O)N3Cc4ccccc4C3)c2c1.Nc1nc(C(=O)N2Cc3ccccc3C2)c2cc(-c3cc(F)c(F)cc3CO)ccc2n1. The van der Waals surface area contributed by atoms with Crippen molar-refractivity contribution >= 4 is 69.6 Å². The topological polar surface area (TPSA) is 287 Å². The highest BCUT2D eigenvalue weighted by molar-refractivity contribution is 6.07. The Labute approximate surface area is 531 Å². The minimum Gasteiger partial charge on any atom is -0.480 e. The van der Waals surface area contributed by atoms with Crippen LogP contribution in [0, 0.1) is 23.3 Å². The van der Waals surface area contributed by atoms with Crippen molar-refractivity contribution in [3.8, 4) is 22.3 Å². The minimum atomic E-state index is -1.12. The van der Waals surface area contributed by atoms with E-state index in [9.17, 15) is 51.4 Å². The highest BCUT2D eigenvalue weighted by Crippen LogP contribution is 2.35. The Kier molecular flexibility index (Phi) is 19.0. The summed E-state index contributed by atoms with van der Waals surface area (Å²) in [6.07, 6.45) is 1.04. The maximum atomic E-state index is 14.6. The summed E-state index contributed by atoms with van der Waals surface area (Å²) in [7, 11) is 0. The summed E-state index contributed by atoms with van der Waals surface area (Å²) >= 11 is 0. The fourth-order valence-corrected chi connectivity index (χ4v) is 11.5. The average Bonchev–Trinajstić information content (AvgIpc) is 1.44. The summed E-state index contributed by atoms with van der Waals surface area (Å²) in [6.45, 7) is 12.1. The van der Waals surface area contributed by atoms with Gasteiger partial charge in [0.1, 0.15) is 41.3 Å². The van der Waals surface area contributed by atoms with Gasteiger partial charge in [-0.05, 0) is 166 Å². The normalized spacial score (nSPS) is 15.9. The predicted octanol–water partition coefficient (Wildman–Crippen LogP) is 11.0. The highest BCUT2D eigenvalue weighted by Gasteiger charge is 2.39. The fourth-order valence-electron chi connectivity index (χ4n) is 11.5. The molecule has 8 aromatic rings. The Morgan fingerprint density at radius 1 is 0.538 bits per heavy atom. The molecule has 6 heterocycles. The second-order valence-corrected chi connectivity index (χ2v) is 24.8. The highest BCUT2D eigenvalue weighted by atomic mass is 19.2. The van der Waals surface area contributed by atoms with E-state index in [1.807, 2.05) is 48.5 Å². The number of fused-ring (bicyclic) bond motifs is 4. The summed E-state index contributed by atoms with van der Waals surface area (Å²) in [5.74, 6) is -6.69. The molecule has 0 bridgehead atoms. The number of nitrogen functional groups attached to an aromatic ring is 2. The van der Waals surface area contributed by atoms with Crippen LogP contribution in [-0.2, 0) is 63.2 Å². The van der Waals surface area contributed by atoms with E-state index < -0.39 is 83.9 Å². The number of nitrogens with zero attached hydrogens (tertiary/aromatic N) is 8. The zero-order chi connectivity index (χ0) is 66.8. The van der Waals surface area contributed by atoms with Crippen LogP contribution in [0.25, 0.3) is 44.1 Å². The lowest BCUT2D eigenvalue weighted by atomic mass is 9.97. The maximum Gasteiger partial charge on any atom is 0.411 e. The van der Waals surface area contributed by atoms with Crippen molar-refractivity contribution in [2.45, 2.75) is 130 Å². The van der Waals surface area contributed by atoms with Crippen LogP contribution in [0.15, 0.2) is 109 Å². The number of nitrogens with two attached hydrogens (primary N) is 2. The number of halogens is 4. The molecule has 93 heavy (non-hydrogen) atoms. The van der Waals surface area contributed by atoms with E-state index in [2.05, 4.69) is 19.9 Å². The molecule has 6 N–H and O–H groups in total. The van der Waals surface area contributed by atoms with E-state index in [0.717, 1.165) is 52.9 Å². The Bertz CT molecular complexity index is 4230. The van der Waals surface area contributed by atoms with E-state index in [1.165, 1.54) is 9.80 Å². The molecule has 4 aliphatic rings. The number of esters is 1. The third-order valence-corrected chi connectivity index (χ3v) is 15.9. The van der Waals surface area contributed by atoms with Gasteiger partial charge in [0.05, 0.1) is 17.6 Å². The Balaban J connectivity index is 0.000000173. The molecule has 2 aromatic heterocycles. The van der Waals surface area contributed by atoms with Crippen molar-refractivity contribution in [3.63, 3.8) is 0 Å². The van der Waals surface area contributed by atoms with Gasteiger partial charge in [0.2, 0.25) is 11.9 Å². The van der Waals surface area contributed by atoms with E-state index in [0.29, 0.717) is 97.0 Å². The van der Waals surface area contributed by atoms with Crippen LogP contribution in [0.3, 0.4) is 0 Å². The molecule has 4 amide bonds. The zero-order valence-electron chi connectivity index (χ0n) is 51.8. The van der Waals surface area contributed by atoms with Crippen molar-refractivity contribution in [1.29, 1.82) is 0 Å². The van der Waals surface area contributed by atoms with Gasteiger partial charge in [-0.15, -0.1) is 0 Å². The summed E-state index contributed by atoms with van der Waals surface area (Å²) in [6, 6.07) is 27.8. The smallest absolute Gasteiger partial charge is 0.411 e. The summed E-state index contributed by atoms with van der Waals surface area (Å²) in [4.78, 5) is 98.3. The third-order valence-electron chi connectivity index (χ3n) is 15.9. The number of benzene rings is 6. The number of hydrogen-bond donors (Lipinski definition) is 4. The van der Waals surface area contributed by atoms with E-state index in [-0.39, 0.29) is 51.8 Å². The number of aromatic nitrogens is 4. The van der Waals surface area contributed by atoms with Gasteiger partial charge < -0.3 is 45.7 Å². The van der Waals surface area contributed by atoms with E-state index in [1.54, 1.807) is 87.7 Å². The van der Waals surface area contributed by atoms with Gasteiger partial charge in [-0.2, -0.15) is 0 Å². The number of aliphatic carboxylic acids is 1. The standard InChI is InChI=1S/C34H33F2N5O5.C24H18F2N4O2.C10H17NO4/c1-34(2,3)46-33(44)41-12-6-9-28(41)31(43)45-18-22-14-25(35)26(36)15-23(22)19-10-11-27-24(13-19)29(39-32(37)38-27)30(42)40-16-20-7-4-5-8-21(20)17-40;25-19-8-16(12-31)17(9-20(19)26)13-5-6-21-18(7-13)22(29-24(27)28-21)23(32)30-10-14-3-1-2-4-15(14)11-30;1-10(2,3)15-9(14)11-6-4-5-7(11)8(12)13/h4-5,7-8,10-11,13-15,28H,6,9,12,16-18H2,1-3H3,(H2,37,38,39);1-9,31H,10-12H2,(H2,27,28,29);7H,4-6H2,1-3H3,(H,12,13)/t28-;;7-/m0.0/s1. The van der Waals surface area contributed by atoms with Gasteiger partial charge >= 0.3 is 24.1 Å². The molecule has 12 rings (SSSR count). The van der Waals surface area contributed by atoms with Crippen LogP contribution in [0.4, 0.5) is 39.0 Å². The van der Waals surface area contributed by atoms with Crippen LogP contribution in [0.1, 0.15) is 122 Å². The minimum absolute atomic E-state index is 0.0332.